The van der Waals surface area contributed by atoms with Crippen LogP contribution in [0.15, 0.2) is 30.6 Å². The Balaban J connectivity index is 2.14. The fraction of sp³-hybridized carbons (Fsp3) is 0.357. The number of aromatic nitrogens is 2. The second-order valence-electron chi connectivity index (χ2n) is 4.78. The molecule has 1 atom stereocenters. The molecule has 0 aliphatic heterocycles. The van der Waals surface area contributed by atoms with Crippen molar-refractivity contribution in [2.24, 2.45) is 7.05 Å². The Morgan fingerprint density at radius 1 is 1.29 bits per heavy atom. The van der Waals surface area contributed by atoms with E-state index in [1.165, 1.54) is 0 Å². The first kappa shape index (κ1) is 15.5. The molecule has 0 spiro atoms. The Morgan fingerprint density at radius 2 is 2.00 bits per heavy atom. The van der Waals surface area contributed by atoms with Crippen LogP contribution in [0, 0.1) is 5.82 Å². The molecule has 3 nitrogen and oxygen atoms in total. The molecule has 1 aromatic carbocycles. The van der Waals surface area contributed by atoms with Gasteiger partial charge in [0.15, 0.2) is 0 Å². The van der Waals surface area contributed by atoms with Crippen molar-refractivity contribution in [1.29, 1.82) is 0 Å². The average Bonchev–Trinajstić information content (AvgIpc) is 2.79. The van der Waals surface area contributed by atoms with Gasteiger partial charge in [-0.25, -0.2) is 9.37 Å². The zero-order chi connectivity index (χ0) is 15.6. The summed E-state index contributed by atoms with van der Waals surface area (Å²) in [4.78, 5) is 4.05. The van der Waals surface area contributed by atoms with E-state index in [4.69, 9.17) is 0 Å². The zero-order valence-corrected chi connectivity index (χ0v) is 11.2. The number of aliphatic hydroxyl groups excluding tert-OH is 1. The van der Waals surface area contributed by atoms with Gasteiger partial charge in [0.2, 0.25) is 0 Å². The van der Waals surface area contributed by atoms with Crippen LogP contribution in [-0.2, 0) is 19.6 Å². The van der Waals surface area contributed by atoms with Gasteiger partial charge in [-0.2, -0.15) is 13.2 Å². The van der Waals surface area contributed by atoms with Gasteiger partial charge in [0.25, 0.3) is 0 Å². The summed E-state index contributed by atoms with van der Waals surface area (Å²) < 4.78 is 52.9. The number of halogens is 4. The molecule has 0 bridgehead atoms. The van der Waals surface area contributed by atoms with Crippen LogP contribution in [0.3, 0.4) is 0 Å². The summed E-state index contributed by atoms with van der Waals surface area (Å²) in [5, 5.41) is 9.95. The van der Waals surface area contributed by atoms with Crippen LogP contribution >= 0.6 is 0 Å². The van der Waals surface area contributed by atoms with Crippen molar-refractivity contribution in [2.75, 3.05) is 0 Å². The van der Waals surface area contributed by atoms with Gasteiger partial charge in [0, 0.05) is 25.9 Å². The van der Waals surface area contributed by atoms with Crippen molar-refractivity contribution in [1.82, 2.24) is 9.55 Å². The van der Waals surface area contributed by atoms with Gasteiger partial charge >= 0.3 is 6.18 Å². The van der Waals surface area contributed by atoms with E-state index < -0.39 is 23.7 Å². The molecule has 1 N–H and O–H groups in total. The van der Waals surface area contributed by atoms with Crippen LogP contribution in [0.1, 0.15) is 29.5 Å². The lowest BCUT2D eigenvalue weighted by molar-refractivity contribution is -0.137. The van der Waals surface area contributed by atoms with Gasteiger partial charge in [-0.05, 0) is 30.2 Å². The number of aliphatic hydroxyl groups is 1. The van der Waals surface area contributed by atoms with E-state index in [-0.39, 0.29) is 12.0 Å². The van der Waals surface area contributed by atoms with Crippen molar-refractivity contribution < 1.29 is 22.7 Å². The normalized spacial score (nSPS) is 13.4. The van der Waals surface area contributed by atoms with E-state index in [9.17, 15) is 22.7 Å². The number of hydrogen-bond acceptors (Lipinski definition) is 2. The molecule has 0 aliphatic rings. The Hall–Kier alpha value is -1.89. The molecule has 21 heavy (non-hydrogen) atoms. The smallest absolute Gasteiger partial charge is 0.388 e. The van der Waals surface area contributed by atoms with Gasteiger partial charge in [0.1, 0.15) is 11.6 Å². The van der Waals surface area contributed by atoms with Crippen molar-refractivity contribution in [3.05, 3.63) is 53.4 Å². The monoisotopic (exact) mass is 302 g/mol. The number of alkyl halides is 3. The lowest BCUT2D eigenvalue weighted by Crippen LogP contribution is -2.09. The number of hydrogen-bond donors (Lipinski definition) is 1. The van der Waals surface area contributed by atoms with Gasteiger partial charge in [-0.15, -0.1) is 0 Å². The molecular weight excluding hydrogens is 288 g/mol. The van der Waals surface area contributed by atoms with E-state index in [0.29, 0.717) is 18.3 Å². The van der Waals surface area contributed by atoms with Crippen LogP contribution < -0.4 is 0 Å². The van der Waals surface area contributed by atoms with Gasteiger partial charge < -0.3 is 9.67 Å². The Kier molecular flexibility index (Phi) is 4.32. The molecule has 0 saturated carbocycles. The first-order valence-electron chi connectivity index (χ1n) is 6.29. The van der Waals surface area contributed by atoms with Gasteiger partial charge in [0.05, 0.1) is 11.7 Å². The highest BCUT2D eigenvalue weighted by molar-refractivity contribution is 5.28. The van der Waals surface area contributed by atoms with E-state index in [1.54, 1.807) is 24.0 Å². The third-order valence-corrected chi connectivity index (χ3v) is 3.19. The lowest BCUT2D eigenvalue weighted by atomic mass is 10.0. The molecule has 2 rings (SSSR count). The number of aryl methyl sites for hydroxylation is 2. The molecule has 1 heterocycles. The third-order valence-electron chi connectivity index (χ3n) is 3.19. The van der Waals surface area contributed by atoms with E-state index in [1.807, 2.05) is 0 Å². The van der Waals surface area contributed by atoms with Crippen molar-refractivity contribution in [3.8, 4) is 0 Å². The topological polar surface area (TPSA) is 38.0 Å². The largest absolute Gasteiger partial charge is 0.416 e. The van der Waals surface area contributed by atoms with Crippen LogP contribution in [0.5, 0.6) is 0 Å². The van der Waals surface area contributed by atoms with E-state index >= 15 is 0 Å². The number of imidazole rings is 1. The molecule has 114 valence electrons. The molecule has 7 heteroatoms. The maximum atomic E-state index is 13.3. The standard InChI is InChI=1S/C14H14F4N2O/c1-20-5-4-19-13(20)3-2-12(21)9-6-10(14(16,17)18)8-11(15)7-9/h4-8,12,21H,2-3H2,1H3. The lowest BCUT2D eigenvalue weighted by Gasteiger charge is -2.14. The first-order chi connectivity index (χ1) is 9.77. The predicted octanol–water partition coefficient (Wildman–Crippen LogP) is 3.24. The summed E-state index contributed by atoms with van der Waals surface area (Å²) in [5.74, 6) is -0.322. The first-order valence-corrected chi connectivity index (χ1v) is 6.29. The number of rotatable bonds is 4. The molecule has 1 unspecified atom stereocenters. The summed E-state index contributed by atoms with van der Waals surface area (Å²) in [6.07, 6.45) is -1.97. The number of nitrogens with zero attached hydrogens (tertiary/aromatic N) is 2. The fourth-order valence-electron chi connectivity index (χ4n) is 2.04. The highest BCUT2D eigenvalue weighted by Gasteiger charge is 2.31. The van der Waals surface area contributed by atoms with Crippen LogP contribution in [0.2, 0.25) is 0 Å². The highest BCUT2D eigenvalue weighted by Crippen LogP contribution is 2.32. The third kappa shape index (κ3) is 3.81. The Bertz CT molecular complexity index is 622. The number of benzene rings is 1. The molecule has 0 amide bonds. The highest BCUT2D eigenvalue weighted by atomic mass is 19.4. The molecule has 0 saturated heterocycles. The van der Waals surface area contributed by atoms with Crippen LogP contribution in [0.4, 0.5) is 17.6 Å². The second-order valence-corrected chi connectivity index (χ2v) is 4.78. The summed E-state index contributed by atoms with van der Waals surface area (Å²) in [5.41, 5.74) is -1.19. The van der Waals surface area contributed by atoms with Gasteiger partial charge in [-0.3, -0.25) is 0 Å². The molecule has 2 aromatic rings. The predicted molar refractivity (Wildman–Crippen MR) is 67.9 cm³/mol. The minimum Gasteiger partial charge on any atom is -0.388 e. The zero-order valence-electron chi connectivity index (χ0n) is 11.2. The van der Waals surface area contributed by atoms with E-state index in [0.717, 1.165) is 12.1 Å². The van der Waals surface area contributed by atoms with Crippen LogP contribution in [-0.4, -0.2) is 14.7 Å². The molecule has 1 aromatic heterocycles. The Morgan fingerprint density at radius 3 is 2.57 bits per heavy atom. The summed E-state index contributed by atoms with van der Waals surface area (Å²) >= 11 is 0. The molecular formula is C14H14F4N2O. The van der Waals surface area contributed by atoms with E-state index in [2.05, 4.69) is 4.98 Å². The Labute approximate surface area is 118 Å². The fourth-order valence-corrected chi connectivity index (χ4v) is 2.04. The molecule has 0 fully saturated rings. The quantitative estimate of drug-likeness (QED) is 0.881. The van der Waals surface area contributed by atoms with Gasteiger partial charge in [-0.1, -0.05) is 0 Å². The second kappa shape index (κ2) is 5.85. The molecule has 0 radical (unpaired) electrons. The summed E-state index contributed by atoms with van der Waals surface area (Å²) in [6, 6.07) is 2.10. The minimum absolute atomic E-state index is 0.0865. The minimum atomic E-state index is -4.64. The SMILES string of the molecule is Cn1ccnc1CCC(O)c1cc(F)cc(C(F)(F)F)c1. The van der Waals surface area contributed by atoms with Crippen LogP contribution in [0.25, 0.3) is 0 Å². The summed E-state index contributed by atoms with van der Waals surface area (Å²) in [7, 11) is 1.78. The maximum absolute atomic E-state index is 13.3. The van der Waals surface area contributed by atoms with Crippen molar-refractivity contribution in [3.63, 3.8) is 0 Å². The van der Waals surface area contributed by atoms with Crippen molar-refractivity contribution in [2.45, 2.75) is 25.1 Å². The molecule has 0 aliphatic carbocycles. The van der Waals surface area contributed by atoms with Crippen molar-refractivity contribution >= 4 is 0 Å². The average molecular weight is 302 g/mol. The summed E-state index contributed by atoms with van der Waals surface area (Å²) in [6.45, 7) is 0. The maximum Gasteiger partial charge on any atom is 0.416 e.